The summed E-state index contributed by atoms with van der Waals surface area (Å²) < 4.78 is 6.16. The molecular formula is C11H12BrClO2. The Morgan fingerprint density at radius 2 is 2.33 bits per heavy atom. The SMILES string of the molecule is OC(c1cc(Cl)ccc1Br)C1CCOC1. The Balaban J connectivity index is 2.23. The summed E-state index contributed by atoms with van der Waals surface area (Å²) >= 11 is 9.32. The molecule has 0 amide bonds. The molecule has 1 aromatic carbocycles. The fourth-order valence-electron chi connectivity index (χ4n) is 1.80. The van der Waals surface area contributed by atoms with Gasteiger partial charge in [-0.15, -0.1) is 0 Å². The molecule has 1 aliphatic rings. The van der Waals surface area contributed by atoms with Crippen LogP contribution in [0.1, 0.15) is 18.1 Å². The van der Waals surface area contributed by atoms with Crippen LogP contribution in [0.15, 0.2) is 22.7 Å². The van der Waals surface area contributed by atoms with Crippen LogP contribution in [0.3, 0.4) is 0 Å². The van der Waals surface area contributed by atoms with Crippen LogP contribution >= 0.6 is 27.5 Å². The molecular weight excluding hydrogens is 279 g/mol. The number of rotatable bonds is 2. The molecule has 82 valence electrons. The van der Waals surface area contributed by atoms with Crippen molar-refractivity contribution in [3.8, 4) is 0 Å². The van der Waals surface area contributed by atoms with Crippen molar-refractivity contribution in [2.45, 2.75) is 12.5 Å². The Hall–Kier alpha value is -0.0900. The van der Waals surface area contributed by atoms with E-state index in [1.54, 1.807) is 12.1 Å². The van der Waals surface area contributed by atoms with E-state index in [9.17, 15) is 5.11 Å². The first-order chi connectivity index (χ1) is 7.18. The predicted octanol–water partition coefficient (Wildman–Crippen LogP) is 3.17. The number of ether oxygens (including phenoxy) is 1. The molecule has 4 heteroatoms. The molecule has 1 saturated heterocycles. The van der Waals surface area contributed by atoms with E-state index in [1.807, 2.05) is 6.07 Å². The van der Waals surface area contributed by atoms with Crippen molar-refractivity contribution in [1.82, 2.24) is 0 Å². The molecule has 1 fully saturated rings. The van der Waals surface area contributed by atoms with Crippen molar-refractivity contribution in [1.29, 1.82) is 0 Å². The maximum absolute atomic E-state index is 10.2. The third kappa shape index (κ3) is 2.53. The highest BCUT2D eigenvalue weighted by atomic mass is 79.9. The summed E-state index contributed by atoms with van der Waals surface area (Å²) in [6, 6.07) is 5.46. The van der Waals surface area contributed by atoms with Gasteiger partial charge in [0.2, 0.25) is 0 Å². The molecule has 0 bridgehead atoms. The van der Waals surface area contributed by atoms with Gasteiger partial charge in [-0.3, -0.25) is 0 Å². The van der Waals surface area contributed by atoms with E-state index in [0.29, 0.717) is 11.6 Å². The lowest BCUT2D eigenvalue weighted by Crippen LogP contribution is -2.12. The van der Waals surface area contributed by atoms with Gasteiger partial charge in [0.25, 0.3) is 0 Å². The highest BCUT2D eigenvalue weighted by Crippen LogP contribution is 2.34. The van der Waals surface area contributed by atoms with E-state index in [2.05, 4.69) is 15.9 Å². The van der Waals surface area contributed by atoms with Gasteiger partial charge in [-0.1, -0.05) is 27.5 Å². The van der Waals surface area contributed by atoms with Gasteiger partial charge in [0, 0.05) is 22.0 Å². The van der Waals surface area contributed by atoms with Gasteiger partial charge in [-0.2, -0.15) is 0 Å². The van der Waals surface area contributed by atoms with Crippen LogP contribution in [-0.2, 0) is 4.74 Å². The maximum atomic E-state index is 10.2. The minimum Gasteiger partial charge on any atom is -0.388 e. The van der Waals surface area contributed by atoms with Crippen LogP contribution in [-0.4, -0.2) is 18.3 Å². The Kier molecular flexibility index (Phi) is 3.67. The minimum absolute atomic E-state index is 0.180. The normalized spacial score (nSPS) is 23.0. The van der Waals surface area contributed by atoms with Gasteiger partial charge in [0.15, 0.2) is 0 Å². The zero-order valence-corrected chi connectivity index (χ0v) is 10.5. The number of benzene rings is 1. The van der Waals surface area contributed by atoms with E-state index in [-0.39, 0.29) is 5.92 Å². The zero-order chi connectivity index (χ0) is 10.8. The Bertz CT molecular complexity index is 350. The molecule has 1 heterocycles. The molecule has 0 aromatic heterocycles. The molecule has 2 atom stereocenters. The molecule has 1 aromatic rings. The summed E-state index contributed by atoms with van der Waals surface area (Å²) in [5, 5.41) is 10.8. The lowest BCUT2D eigenvalue weighted by Gasteiger charge is -2.18. The van der Waals surface area contributed by atoms with E-state index >= 15 is 0 Å². The fraction of sp³-hybridized carbons (Fsp3) is 0.455. The number of aliphatic hydroxyl groups is 1. The summed E-state index contributed by atoms with van der Waals surface area (Å²) in [6.45, 7) is 1.36. The van der Waals surface area contributed by atoms with Gasteiger partial charge in [0.1, 0.15) is 0 Å². The summed E-state index contributed by atoms with van der Waals surface area (Å²) in [7, 11) is 0. The summed E-state index contributed by atoms with van der Waals surface area (Å²) in [5.41, 5.74) is 0.845. The van der Waals surface area contributed by atoms with Crippen molar-refractivity contribution in [2.75, 3.05) is 13.2 Å². The summed E-state index contributed by atoms with van der Waals surface area (Å²) in [4.78, 5) is 0. The molecule has 2 nitrogen and oxygen atoms in total. The monoisotopic (exact) mass is 290 g/mol. The zero-order valence-electron chi connectivity index (χ0n) is 8.12. The Labute approximate surface area is 102 Å². The largest absolute Gasteiger partial charge is 0.388 e. The first-order valence-corrected chi connectivity index (χ1v) is 6.06. The van der Waals surface area contributed by atoms with Crippen LogP contribution in [0, 0.1) is 5.92 Å². The second-order valence-corrected chi connectivity index (χ2v) is 5.03. The first-order valence-electron chi connectivity index (χ1n) is 4.89. The smallest absolute Gasteiger partial charge is 0.0852 e. The van der Waals surface area contributed by atoms with Crippen LogP contribution in [0.5, 0.6) is 0 Å². The lowest BCUT2D eigenvalue weighted by molar-refractivity contribution is 0.0913. The van der Waals surface area contributed by atoms with Crippen LogP contribution in [0.25, 0.3) is 0 Å². The Morgan fingerprint density at radius 3 is 3.00 bits per heavy atom. The Morgan fingerprint density at radius 1 is 1.53 bits per heavy atom. The lowest BCUT2D eigenvalue weighted by atomic mass is 9.95. The molecule has 1 aliphatic heterocycles. The number of hydrogen-bond acceptors (Lipinski definition) is 2. The van der Waals surface area contributed by atoms with Crippen LogP contribution in [0.2, 0.25) is 5.02 Å². The molecule has 0 spiro atoms. The number of hydrogen-bond donors (Lipinski definition) is 1. The van der Waals surface area contributed by atoms with Gasteiger partial charge < -0.3 is 9.84 Å². The third-order valence-corrected chi connectivity index (χ3v) is 3.65. The van der Waals surface area contributed by atoms with Gasteiger partial charge in [0.05, 0.1) is 12.7 Å². The average molecular weight is 292 g/mol. The van der Waals surface area contributed by atoms with Crippen molar-refractivity contribution < 1.29 is 9.84 Å². The van der Waals surface area contributed by atoms with Crippen molar-refractivity contribution in [3.05, 3.63) is 33.3 Å². The maximum Gasteiger partial charge on any atom is 0.0852 e. The van der Waals surface area contributed by atoms with E-state index in [4.69, 9.17) is 16.3 Å². The molecule has 0 aliphatic carbocycles. The highest BCUT2D eigenvalue weighted by molar-refractivity contribution is 9.10. The first kappa shape index (κ1) is 11.4. The second kappa shape index (κ2) is 4.83. The van der Waals surface area contributed by atoms with E-state index in [1.165, 1.54) is 0 Å². The molecule has 15 heavy (non-hydrogen) atoms. The second-order valence-electron chi connectivity index (χ2n) is 3.73. The van der Waals surface area contributed by atoms with Gasteiger partial charge >= 0.3 is 0 Å². The predicted molar refractivity (Wildman–Crippen MR) is 63.0 cm³/mol. The topological polar surface area (TPSA) is 29.5 Å². The molecule has 0 radical (unpaired) electrons. The molecule has 2 rings (SSSR count). The van der Waals surface area contributed by atoms with Crippen molar-refractivity contribution in [3.63, 3.8) is 0 Å². The summed E-state index contributed by atoms with van der Waals surface area (Å²) in [6.07, 6.45) is 0.403. The molecule has 1 N–H and O–H groups in total. The van der Waals surface area contributed by atoms with Crippen LogP contribution < -0.4 is 0 Å². The van der Waals surface area contributed by atoms with E-state index < -0.39 is 6.10 Å². The summed E-state index contributed by atoms with van der Waals surface area (Å²) in [5.74, 6) is 0.180. The highest BCUT2D eigenvalue weighted by Gasteiger charge is 2.26. The average Bonchev–Trinajstić information content (AvgIpc) is 2.74. The van der Waals surface area contributed by atoms with Crippen molar-refractivity contribution in [2.24, 2.45) is 5.92 Å². The van der Waals surface area contributed by atoms with Crippen molar-refractivity contribution >= 4 is 27.5 Å². The number of aliphatic hydroxyl groups excluding tert-OH is 1. The number of halogens is 2. The fourth-order valence-corrected chi connectivity index (χ4v) is 2.46. The van der Waals surface area contributed by atoms with Gasteiger partial charge in [-0.05, 0) is 30.2 Å². The molecule has 0 saturated carbocycles. The minimum atomic E-state index is -0.499. The third-order valence-electron chi connectivity index (χ3n) is 2.69. The quantitative estimate of drug-likeness (QED) is 0.907. The van der Waals surface area contributed by atoms with Crippen LogP contribution in [0.4, 0.5) is 0 Å². The molecule has 2 unspecified atom stereocenters. The standard InChI is InChI=1S/C11H12BrClO2/c12-10-2-1-8(13)5-9(10)11(14)7-3-4-15-6-7/h1-2,5,7,11,14H,3-4,6H2. The van der Waals surface area contributed by atoms with Gasteiger partial charge in [-0.25, -0.2) is 0 Å². The van der Waals surface area contributed by atoms with E-state index in [0.717, 1.165) is 23.1 Å².